The number of benzene rings is 3. The van der Waals surface area contributed by atoms with Crippen LogP contribution in [0.25, 0.3) is 0 Å². The summed E-state index contributed by atoms with van der Waals surface area (Å²) in [6, 6.07) is 19.3. The van der Waals surface area contributed by atoms with Gasteiger partial charge in [0.2, 0.25) is 0 Å². The lowest BCUT2D eigenvalue weighted by Gasteiger charge is -2.20. The summed E-state index contributed by atoms with van der Waals surface area (Å²) in [7, 11) is -2.28. The number of nitrogens with one attached hydrogen (secondary N) is 1. The van der Waals surface area contributed by atoms with Gasteiger partial charge >= 0.3 is 0 Å². The van der Waals surface area contributed by atoms with Crippen LogP contribution in [0.4, 0.5) is 11.4 Å². The maximum atomic E-state index is 12.8. The first-order chi connectivity index (χ1) is 14.3. The average molecular weight is 445 g/mol. The van der Waals surface area contributed by atoms with Crippen molar-refractivity contribution in [3.63, 3.8) is 0 Å². The van der Waals surface area contributed by atoms with Crippen LogP contribution in [0.15, 0.2) is 77.7 Å². The zero-order valence-electron chi connectivity index (χ0n) is 16.5. The van der Waals surface area contributed by atoms with Crippen LogP contribution in [0.3, 0.4) is 0 Å². The predicted molar refractivity (Wildman–Crippen MR) is 119 cm³/mol. The predicted octanol–water partition coefficient (Wildman–Crippen LogP) is 4.82. The van der Waals surface area contributed by atoms with Gasteiger partial charge in [-0.2, -0.15) is 0 Å². The largest absolute Gasteiger partial charge is 0.494 e. The molecule has 8 heteroatoms. The quantitative estimate of drug-likeness (QED) is 0.567. The zero-order valence-corrected chi connectivity index (χ0v) is 18.1. The fourth-order valence-electron chi connectivity index (χ4n) is 2.73. The van der Waals surface area contributed by atoms with Crippen molar-refractivity contribution in [3.8, 4) is 5.75 Å². The molecule has 3 aromatic carbocycles. The molecule has 0 spiro atoms. The minimum atomic E-state index is -3.74. The van der Waals surface area contributed by atoms with Crippen molar-refractivity contribution in [3.05, 3.63) is 83.4 Å². The summed E-state index contributed by atoms with van der Waals surface area (Å²) < 4.78 is 32.1. The second kappa shape index (κ2) is 9.19. The second-order valence-electron chi connectivity index (χ2n) is 6.38. The third-order valence-corrected chi connectivity index (χ3v) is 6.44. The molecule has 3 aromatic rings. The number of rotatable bonds is 7. The van der Waals surface area contributed by atoms with E-state index in [1.807, 2.05) is 6.92 Å². The Kier molecular flexibility index (Phi) is 6.64. The number of nitrogens with zero attached hydrogens (tertiary/aromatic N) is 1. The van der Waals surface area contributed by atoms with Crippen molar-refractivity contribution in [1.29, 1.82) is 0 Å². The average Bonchev–Trinajstić information content (AvgIpc) is 2.75. The van der Waals surface area contributed by atoms with Gasteiger partial charge in [0, 0.05) is 23.3 Å². The van der Waals surface area contributed by atoms with Crippen LogP contribution in [-0.4, -0.2) is 28.0 Å². The molecular weight excluding hydrogens is 424 g/mol. The lowest BCUT2D eigenvalue weighted by molar-refractivity contribution is 0.102. The van der Waals surface area contributed by atoms with E-state index in [2.05, 4.69) is 5.32 Å². The van der Waals surface area contributed by atoms with Crippen molar-refractivity contribution in [2.45, 2.75) is 11.8 Å². The molecule has 6 nitrogen and oxygen atoms in total. The number of carbonyl (C=O) groups excluding carboxylic acids is 1. The van der Waals surface area contributed by atoms with Gasteiger partial charge in [0.05, 0.1) is 17.2 Å². The van der Waals surface area contributed by atoms with Crippen LogP contribution in [0.2, 0.25) is 5.02 Å². The number of anilines is 2. The summed E-state index contributed by atoms with van der Waals surface area (Å²) in [5, 5.41) is 3.26. The molecule has 0 aliphatic rings. The zero-order chi connectivity index (χ0) is 21.7. The van der Waals surface area contributed by atoms with E-state index in [1.54, 1.807) is 48.5 Å². The molecule has 156 valence electrons. The fourth-order valence-corrected chi connectivity index (χ4v) is 4.05. The third kappa shape index (κ3) is 4.93. The van der Waals surface area contributed by atoms with Gasteiger partial charge in [-0.3, -0.25) is 9.10 Å². The first-order valence-corrected chi connectivity index (χ1v) is 11.0. The number of hydrogen-bond donors (Lipinski definition) is 1. The maximum absolute atomic E-state index is 12.8. The van der Waals surface area contributed by atoms with Gasteiger partial charge in [-0.05, 0) is 79.7 Å². The minimum absolute atomic E-state index is 0.131. The molecule has 0 saturated carbocycles. The maximum Gasteiger partial charge on any atom is 0.264 e. The Hall–Kier alpha value is -3.03. The normalized spacial score (nSPS) is 11.0. The van der Waals surface area contributed by atoms with Crippen molar-refractivity contribution in [1.82, 2.24) is 0 Å². The summed E-state index contributed by atoms with van der Waals surface area (Å²) in [5.41, 5.74) is 1.47. The van der Waals surface area contributed by atoms with Crippen LogP contribution in [0, 0.1) is 0 Å². The molecule has 0 saturated heterocycles. The SMILES string of the molecule is CCOc1ccc(NC(=O)c2ccc(N(C)S(=O)(=O)c3ccc(Cl)cc3)cc2)cc1. The monoisotopic (exact) mass is 444 g/mol. The van der Waals surface area contributed by atoms with E-state index in [0.29, 0.717) is 28.6 Å². The number of amides is 1. The van der Waals surface area contributed by atoms with E-state index in [9.17, 15) is 13.2 Å². The lowest BCUT2D eigenvalue weighted by atomic mass is 10.2. The molecule has 0 aliphatic heterocycles. The van der Waals surface area contributed by atoms with Gasteiger partial charge in [-0.1, -0.05) is 11.6 Å². The molecule has 0 aliphatic carbocycles. The molecule has 0 unspecified atom stereocenters. The molecule has 30 heavy (non-hydrogen) atoms. The Labute approximate surface area is 181 Å². The van der Waals surface area contributed by atoms with Gasteiger partial charge in [0.25, 0.3) is 15.9 Å². The van der Waals surface area contributed by atoms with Gasteiger partial charge in [-0.15, -0.1) is 0 Å². The number of halogens is 1. The van der Waals surface area contributed by atoms with Gasteiger partial charge in [0.15, 0.2) is 0 Å². The summed E-state index contributed by atoms with van der Waals surface area (Å²) in [6.45, 7) is 2.47. The summed E-state index contributed by atoms with van der Waals surface area (Å²) in [4.78, 5) is 12.6. The van der Waals surface area contributed by atoms with Crippen molar-refractivity contribution >= 4 is 38.9 Å². The first-order valence-electron chi connectivity index (χ1n) is 9.20. The van der Waals surface area contributed by atoms with Crippen molar-refractivity contribution in [2.24, 2.45) is 0 Å². The van der Waals surface area contributed by atoms with E-state index < -0.39 is 10.0 Å². The minimum Gasteiger partial charge on any atom is -0.494 e. The van der Waals surface area contributed by atoms with Crippen LogP contribution in [0.1, 0.15) is 17.3 Å². The van der Waals surface area contributed by atoms with E-state index in [-0.39, 0.29) is 10.8 Å². The molecule has 0 bridgehead atoms. The van der Waals surface area contributed by atoms with Gasteiger partial charge in [0.1, 0.15) is 5.75 Å². The molecule has 1 amide bonds. The molecule has 3 rings (SSSR count). The van der Waals surface area contributed by atoms with Crippen LogP contribution in [-0.2, 0) is 10.0 Å². The number of hydrogen-bond acceptors (Lipinski definition) is 4. The fraction of sp³-hybridized carbons (Fsp3) is 0.136. The second-order valence-corrected chi connectivity index (χ2v) is 8.79. The van der Waals surface area contributed by atoms with Crippen LogP contribution < -0.4 is 14.4 Å². The molecule has 0 heterocycles. The Morgan fingerprint density at radius 2 is 1.57 bits per heavy atom. The standard InChI is InChI=1S/C22H21ClN2O4S/c1-3-29-20-12-8-18(9-13-20)24-22(26)16-4-10-19(11-5-16)25(2)30(27,28)21-14-6-17(23)7-15-21/h4-15H,3H2,1-2H3,(H,24,26). The third-order valence-electron chi connectivity index (χ3n) is 4.39. The molecule has 0 aromatic heterocycles. The molecular formula is C22H21ClN2O4S. The number of sulfonamides is 1. The van der Waals surface area contributed by atoms with E-state index in [1.165, 1.54) is 31.3 Å². The van der Waals surface area contributed by atoms with E-state index in [0.717, 1.165) is 10.1 Å². The van der Waals surface area contributed by atoms with Crippen LogP contribution >= 0.6 is 11.6 Å². The first kappa shape index (κ1) is 21.7. The molecule has 0 radical (unpaired) electrons. The van der Waals surface area contributed by atoms with Gasteiger partial charge < -0.3 is 10.1 Å². The summed E-state index contributed by atoms with van der Waals surface area (Å²) in [5.74, 6) is 0.429. The van der Waals surface area contributed by atoms with Crippen molar-refractivity contribution < 1.29 is 17.9 Å². The lowest BCUT2D eigenvalue weighted by Crippen LogP contribution is -2.26. The highest BCUT2D eigenvalue weighted by atomic mass is 35.5. The van der Waals surface area contributed by atoms with E-state index >= 15 is 0 Å². The highest BCUT2D eigenvalue weighted by Crippen LogP contribution is 2.24. The Morgan fingerprint density at radius 3 is 2.13 bits per heavy atom. The summed E-state index contributed by atoms with van der Waals surface area (Å²) in [6.07, 6.45) is 0. The molecule has 0 fully saturated rings. The van der Waals surface area contributed by atoms with Crippen molar-refractivity contribution in [2.75, 3.05) is 23.3 Å². The number of carbonyl (C=O) groups is 1. The van der Waals surface area contributed by atoms with Gasteiger partial charge in [-0.25, -0.2) is 8.42 Å². The Balaban J connectivity index is 1.72. The highest BCUT2D eigenvalue weighted by Gasteiger charge is 2.21. The number of ether oxygens (including phenoxy) is 1. The van der Waals surface area contributed by atoms with E-state index in [4.69, 9.17) is 16.3 Å². The Bertz CT molecular complexity index is 1110. The topological polar surface area (TPSA) is 75.7 Å². The Morgan fingerprint density at radius 1 is 0.967 bits per heavy atom. The van der Waals surface area contributed by atoms with Crippen LogP contribution in [0.5, 0.6) is 5.75 Å². The molecule has 0 atom stereocenters. The molecule has 1 N–H and O–H groups in total. The summed E-state index contributed by atoms with van der Waals surface area (Å²) >= 11 is 5.83. The smallest absolute Gasteiger partial charge is 0.264 e. The highest BCUT2D eigenvalue weighted by molar-refractivity contribution is 7.92.